The molecule has 2 atom stereocenters. The van der Waals surface area contributed by atoms with Crippen molar-refractivity contribution in [2.24, 2.45) is 0 Å². The Balaban J connectivity index is 2.01. The summed E-state index contributed by atoms with van der Waals surface area (Å²) in [6, 6.07) is 4.47. The molecule has 0 aromatic heterocycles. The maximum Gasteiger partial charge on any atom is 0.161 e. The summed E-state index contributed by atoms with van der Waals surface area (Å²) in [6.07, 6.45) is 2.47. The first kappa shape index (κ1) is 15.6. The molecule has 20 heavy (non-hydrogen) atoms. The fourth-order valence-electron chi connectivity index (χ4n) is 2.47. The first-order valence-electron chi connectivity index (χ1n) is 6.89. The lowest BCUT2D eigenvalue weighted by Crippen LogP contribution is -2.37. The van der Waals surface area contributed by atoms with Crippen LogP contribution in [-0.2, 0) is 11.3 Å². The highest BCUT2D eigenvalue weighted by Gasteiger charge is 2.19. The molecule has 0 spiro atoms. The van der Waals surface area contributed by atoms with Crippen LogP contribution in [-0.4, -0.2) is 33.0 Å². The van der Waals surface area contributed by atoms with E-state index >= 15 is 0 Å². The van der Waals surface area contributed by atoms with Crippen LogP contribution >= 0.6 is 15.9 Å². The Morgan fingerprint density at radius 3 is 2.65 bits per heavy atom. The normalized spacial score (nSPS) is 22.6. The Morgan fingerprint density at radius 2 is 2.00 bits per heavy atom. The van der Waals surface area contributed by atoms with Crippen LogP contribution in [0.4, 0.5) is 0 Å². The number of rotatable bonds is 5. The fourth-order valence-corrected chi connectivity index (χ4v) is 2.93. The van der Waals surface area contributed by atoms with Crippen LogP contribution in [0.1, 0.15) is 25.3 Å². The smallest absolute Gasteiger partial charge is 0.161 e. The van der Waals surface area contributed by atoms with Crippen molar-refractivity contribution in [1.29, 1.82) is 0 Å². The average Bonchev–Trinajstić information content (AvgIpc) is 2.45. The summed E-state index contributed by atoms with van der Waals surface area (Å²) in [5.74, 6) is 1.50. The summed E-state index contributed by atoms with van der Waals surface area (Å²) in [6.45, 7) is 3.77. The number of nitrogens with one attached hydrogen (secondary N) is 1. The van der Waals surface area contributed by atoms with Gasteiger partial charge >= 0.3 is 0 Å². The second-order valence-corrected chi connectivity index (χ2v) is 5.94. The third-order valence-corrected chi connectivity index (χ3v) is 4.36. The molecule has 0 saturated carbocycles. The molecule has 1 fully saturated rings. The summed E-state index contributed by atoms with van der Waals surface area (Å²) in [4.78, 5) is 0. The average molecular weight is 344 g/mol. The summed E-state index contributed by atoms with van der Waals surface area (Å²) in [5.41, 5.74) is 1.17. The number of halogens is 1. The molecule has 1 aliphatic heterocycles. The van der Waals surface area contributed by atoms with Gasteiger partial charge in [-0.25, -0.2) is 0 Å². The summed E-state index contributed by atoms with van der Waals surface area (Å²) < 4.78 is 17.2. The Hall–Kier alpha value is -0.780. The molecule has 1 aromatic carbocycles. The summed E-state index contributed by atoms with van der Waals surface area (Å²) >= 11 is 3.59. The predicted molar refractivity (Wildman–Crippen MR) is 82.5 cm³/mol. The molecule has 2 rings (SSSR count). The van der Waals surface area contributed by atoms with E-state index in [-0.39, 0.29) is 0 Å². The molecule has 1 aromatic rings. The molecule has 1 heterocycles. The maximum atomic E-state index is 5.56. The van der Waals surface area contributed by atoms with Gasteiger partial charge in [-0.1, -0.05) is 15.9 Å². The zero-order chi connectivity index (χ0) is 14.5. The van der Waals surface area contributed by atoms with E-state index in [1.165, 1.54) is 5.56 Å². The Kier molecular flexibility index (Phi) is 5.69. The van der Waals surface area contributed by atoms with E-state index in [4.69, 9.17) is 14.2 Å². The van der Waals surface area contributed by atoms with Crippen LogP contribution < -0.4 is 14.8 Å². The van der Waals surface area contributed by atoms with Crippen molar-refractivity contribution in [2.75, 3.05) is 20.8 Å². The second-order valence-electron chi connectivity index (χ2n) is 5.08. The Bertz CT molecular complexity index is 453. The molecule has 5 heteroatoms. The SMILES string of the molecule is COc1cc(Br)c(CNC2CCOC(C)C2)cc1OC. The topological polar surface area (TPSA) is 39.7 Å². The minimum atomic E-state index is 0.343. The van der Waals surface area contributed by atoms with E-state index in [9.17, 15) is 0 Å². The third kappa shape index (κ3) is 3.87. The van der Waals surface area contributed by atoms with E-state index in [2.05, 4.69) is 28.2 Å². The van der Waals surface area contributed by atoms with Crippen molar-refractivity contribution < 1.29 is 14.2 Å². The monoisotopic (exact) mass is 343 g/mol. The van der Waals surface area contributed by atoms with E-state index in [1.54, 1.807) is 14.2 Å². The molecule has 4 nitrogen and oxygen atoms in total. The first-order chi connectivity index (χ1) is 9.63. The number of hydrogen-bond donors (Lipinski definition) is 1. The highest BCUT2D eigenvalue weighted by molar-refractivity contribution is 9.10. The zero-order valence-electron chi connectivity index (χ0n) is 12.2. The minimum Gasteiger partial charge on any atom is -0.493 e. The van der Waals surface area contributed by atoms with Crippen LogP contribution in [0.25, 0.3) is 0 Å². The van der Waals surface area contributed by atoms with Crippen molar-refractivity contribution in [3.8, 4) is 11.5 Å². The zero-order valence-corrected chi connectivity index (χ0v) is 13.8. The maximum absolute atomic E-state index is 5.56. The quantitative estimate of drug-likeness (QED) is 0.891. The first-order valence-corrected chi connectivity index (χ1v) is 7.68. The van der Waals surface area contributed by atoms with Crippen molar-refractivity contribution >= 4 is 15.9 Å². The van der Waals surface area contributed by atoms with Gasteiger partial charge in [0.15, 0.2) is 11.5 Å². The van der Waals surface area contributed by atoms with Crippen molar-refractivity contribution in [1.82, 2.24) is 5.32 Å². The van der Waals surface area contributed by atoms with Crippen molar-refractivity contribution in [3.63, 3.8) is 0 Å². The molecular formula is C15H22BrNO3. The largest absolute Gasteiger partial charge is 0.493 e. The lowest BCUT2D eigenvalue weighted by molar-refractivity contribution is 0.0130. The molecule has 1 aliphatic rings. The van der Waals surface area contributed by atoms with Crippen LogP contribution in [0.5, 0.6) is 11.5 Å². The van der Waals surface area contributed by atoms with Gasteiger partial charge in [-0.15, -0.1) is 0 Å². The van der Waals surface area contributed by atoms with Gasteiger partial charge in [0.2, 0.25) is 0 Å². The van der Waals surface area contributed by atoms with Crippen molar-refractivity contribution in [2.45, 2.75) is 38.5 Å². The van der Waals surface area contributed by atoms with E-state index in [1.807, 2.05) is 12.1 Å². The van der Waals surface area contributed by atoms with Crippen LogP contribution in [0.15, 0.2) is 16.6 Å². The lowest BCUT2D eigenvalue weighted by atomic mass is 10.0. The Morgan fingerprint density at radius 1 is 1.30 bits per heavy atom. The van der Waals surface area contributed by atoms with Gasteiger partial charge in [0, 0.05) is 23.7 Å². The summed E-state index contributed by atoms with van der Waals surface area (Å²) in [7, 11) is 3.30. The minimum absolute atomic E-state index is 0.343. The van der Waals surface area contributed by atoms with Gasteiger partial charge in [0.25, 0.3) is 0 Å². The molecule has 0 radical (unpaired) electrons. The lowest BCUT2D eigenvalue weighted by Gasteiger charge is -2.28. The number of benzene rings is 1. The number of ether oxygens (including phenoxy) is 3. The van der Waals surface area contributed by atoms with E-state index in [0.717, 1.165) is 42.0 Å². The number of methoxy groups -OCH3 is 2. The van der Waals surface area contributed by atoms with Crippen LogP contribution in [0, 0.1) is 0 Å². The van der Waals surface area contributed by atoms with Gasteiger partial charge in [-0.3, -0.25) is 0 Å². The fraction of sp³-hybridized carbons (Fsp3) is 0.600. The second kappa shape index (κ2) is 7.29. The molecule has 0 amide bonds. The molecule has 0 bridgehead atoms. The van der Waals surface area contributed by atoms with Gasteiger partial charge in [-0.2, -0.15) is 0 Å². The Labute approximate surface area is 128 Å². The molecule has 112 valence electrons. The highest BCUT2D eigenvalue weighted by Crippen LogP contribution is 2.33. The third-order valence-electron chi connectivity index (χ3n) is 3.62. The van der Waals surface area contributed by atoms with E-state index in [0.29, 0.717) is 12.1 Å². The van der Waals surface area contributed by atoms with Gasteiger partial charge in [-0.05, 0) is 37.5 Å². The molecule has 0 aliphatic carbocycles. The molecular weight excluding hydrogens is 322 g/mol. The van der Waals surface area contributed by atoms with Gasteiger partial charge in [0.1, 0.15) is 0 Å². The van der Waals surface area contributed by atoms with Gasteiger partial charge < -0.3 is 19.5 Å². The van der Waals surface area contributed by atoms with E-state index < -0.39 is 0 Å². The standard InChI is InChI=1S/C15H22BrNO3/c1-10-6-12(4-5-20-10)17-9-11-7-14(18-2)15(19-3)8-13(11)16/h7-8,10,12,17H,4-6,9H2,1-3H3. The molecule has 1 N–H and O–H groups in total. The summed E-state index contributed by atoms with van der Waals surface area (Å²) in [5, 5.41) is 3.59. The van der Waals surface area contributed by atoms with Crippen LogP contribution in [0.3, 0.4) is 0 Å². The highest BCUT2D eigenvalue weighted by atomic mass is 79.9. The molecule has 2 unspecified atom stereocenters. The molecule has 1 saturated heterocycles. The van der Waals surface area contributed by atoms with Crippen molar-refractivity contribution in [3.05, 3.63) is 22.2 Å². The van der Waals surface area contributed by atoms with Crippen LogP contribution in [0.2, 0.25) is 0 Å². The van der Waals surface area contributed by atoms with Gasteiger partial charge in [0.05, 0.1) is 20.3 Å². The predicted octanol–water partition coefficient (Wildman–Crippen LogP) is 3.12. The number of hydrogen-bond acceptors (Lipinski definition) is 4.